The number of nitrogens with zero attached hydrogens (tertiary/aromatic N) is 1. The van der Waals surface area contributed by atoms with Gasteiger partial charge in [0.05, 0.1) is 11.7 Å². The summed E-state index contributed by atoms with van der Waals surface area (Å²) in [6.07, 6.45) is 0. The van der Waals surface area contributed by atoms with E-state index in [0.29, 0.717) is 6.04 Å². The molecule has 0 aliphatic heterocycles. The highest BCUT2D eigenvalue weighted by Gasteiger charge is 2.21. The molecule has 0 amide bonds. The summed E-state index contributed by atoms with van der Waals surface area (Å²) in [6, 6.07) is 6.35. The Morgan fingerprint density at radius 1 is 1.30 bits per heavy atom. The number of rotatable bonds is 4. The van der Waals surface area contributed by atoms with Crippen LogP contribution in [0.1, 0.15) is 41.0 Å². The predicted octanol–water partition coefficient (Wildman–Crippen LogP) is 5.26. The second-order valence-electron chi connectivity index (χ2n) is 5.11. The summed E-state index contributed by atoms with van der Waals surface area (Å²) in [5.41, 5.74) is 2.27. The second kappa shape index (κ2) is 6.56. The zero-order valence-corrected chi connectivity index (χ0v) is 15.2. The molecule has 2 nitrogen and oxygen atoms in total. The summed E-state index contributed by atoms with van der Waals surface area (Å²) in [4.78, 5) is 5.97. The fourth-order valence-corrected chi connectivity index (χ4v) is 3.90. The van der Waals surface area contributed by atoms with Gasteiger partial charge in [-0.15, -0.1) is 11.3 Å². The SMILES string of the molecule is Cc1nc(C(NC(C)C)c2ccc(Cl)cc2Br)sc1C. The van der Waals surface area contributed by atoms with E-state index >= 15 is 0 Å². The summed E-state index contributed by atoms with van der Waals surface area (Å²) >= 11 is 11.4. The van der Waals surface area contributed by atoms with E-state index in [4.69, 9.17) is 16.6 Å². The molecule has 5 heteroatoms. The Morgan fingerprint density at radius 2 is 2.00 bits per heavy atom. The minimum atomic E-state index is 0.0824. The molecule has 1 heterocycles. The van der Waals surface area contributed by atoms with Crippen LogP contribution in [0.25, 0.3) is 0 Å². The molecular weight excluding hydrogens is 356 g/mol. The molecule has 0 aliphatic carbocycles. The largest absolute Gasteiger partial charge is 0.302 e. The first kappa shape index (κ1) is 16.0. The lowest BCUT2D eigenvalue weighted by Gasteiger charge is -2.21. The first-order valence-corrected chi connectivity index (χ1v) is 8.52. The highest BCUT2D eigenvalue weighted by molar-refractivity contribution is 9.10. The third-order valence-corrected chi connectivity index (χ3v) is 5.13. The van der Waals surface area contributed by atoms with Gasteiger partial charge >= 0.3 is 0 Å². The zero-order chi connectivity index (χ0) is 14.9. The molecule has 1 aromatic carbocycles. The molecule has 108 valence electrons. The highest BCUT2D eigenvalue weighted by Crippen LogP contribution is 2.33. The van der Waals surface area contributed by atoms with Gasteiger partial charge in [0.1, 0.15) is 5.01 Å². The molecule has 1 unspecified atom stereocenters. The number of aromatic nitrogens is 1. The van der Waals surface area contributed by atoms with Gasteiger partial charge in [0.25, 0.3) is 0 Å². The van der Waals surface area contributed by atoms with E-state index in [0.717, 1.165) is 25.8 Å². The Bertz CT molecular complexity index is 590. The molecule has 0 saturated carbocycles. The maximum atomic E-state index is 6.04. The van der Waals surface area contributed by atoms with Crippen LogP contribution in [0, 0.1) is 13.8 Å². The Kier molecular flexibility index (Phi) is 5.24. The van der Waals surface area contributed by atoms with Gasteiger partial charge in [0.15, 0.2) is 0 Å². The zero-order valence-electron chi connectivity index (χ0n) is 12.0. The quantitative estimate of drug-likeness (QED) is 0.790. The molecule has 0 aliphatic rings. The fourth-order valence-electron chi connectivity index (χ4n) is 1.98. The number of benzene rings is 1. The van der Waals surface area contributed by atoms with Crippen LogP contribution < -0.4 is 5.32 Å². The Hall–Kier alpha value is -0.420. The van der Waals surface area contributed by atoms with Gasteiger partial charge in [-0.2, -0.15) is 0 Å². The molecule has 0 saturated heterocycles. The van der Waals surface area contributed by atoms with Gasteiger partial charge in [-0.05, 0) is 45.4 Å². The fraction of sp³-hybridized carbons (Fsp3) is 0.400. The maximum absolute atomic E-state index is 6.04. The van der Waals surface area contributed by atoms with Crippen molar-refractivity contribution in [2.75, 3.05) is 0 Å². The standard InChI is InChI=1S/C15H18BrClN2S/c1-8(2)18-14(15-19-9(3)10(4)20-15)12-6-5-11(17)7-13(12)16/h5-8,14,18H,1-4H3. The van der Waals surface area contributed by atoms with Crippen LogP contribution in [0.4, 0.5) is 0 Å². The monoisotopic (exact) mass is 372 g/mol. The lowest BCUT2D eigenvalue weighted by molar-refractivity contribution is 0.525. The van der Waals surface area contributed by atoms with Crippen LogP contribution in [0.2, 0.25) is 5.02 Å². The first-order chi connectivity index (χ1) is 9.38. The molecule has 0 fully saturated rings. The van der Waals surface area contributed by atoms with Gasteiger partial charge < -0.3 is 5.32 Å². The van der Waals surface area contributed by atoms with Crippen LogP contribution in [0.5, 0.6) is 0 Å². The van der Waals surface area contributed by atoms with Crippen LogP contribution in [-0.4, -0.2) is 11.0 Å². The smallest absolute Gasteiger partial charge is 0.115 e. The summed E-state index contributed by atoms with van der Waals surface area (Å²) in [6.45, 7) is 8.45. The molecule has 2 aromatic rings. The number of halogens is 2. The average Bonchev–Trinajstić information content (AvgIpc) is 2.67. The van der Waals surface area contributed by atoms with Gasteiger partial charge in [0.2, 0.25) is 0 Å². The minimum Gasteiger partial charge on any atom is -0.302 e. The van der Waals surface area contributed by atoms with Crippen LogP contribution in [0.15, 0.2) is 22.7 Å². The maximum Gasteiger partial charge on any atom is 0.115 e. The number of nitrogens with one attached hydrogen (secondary N) is 1. The molecule has 0 radical (unpaired) electrons. The topological polar surface area (TPSA) is 24.9 Å². The van der Waals surface area contributed by atoms with Crippen molar-refractivity contribution in [3.63, 3.8) is 0 Å². The van der Waals surface area contributed by atoms with E-state index in [2.05, 4.69) is 55.0 Å². The molecule has 1 N–H and O–H groups in total. The van der Waals surface area contributed by atoms with E-state index in [1.54, 1.807) is 11.3 Å². The molecule has 2 rings (SSSR count). The van der Waals surface area contributed by atoms with Crippen LogP contribution in [0.3, 0.4) is 0 Å². The first-order valence-electron chi connectivity index (χ1n) is 6.53. The minimum absolute atomic E-state index is 0.0824. The lowest BCUT2D eigenvalue weighted by Crippen LogP contribution is -2.29. The summed E-state index contributed by atoms with van der Waals surface area (Å²) < 4.78 is 1.01. The summed E-state index contributed by atoms with van der Waals surface area (Å²) in [5, 5.41) is 5.41. The van der Waals surface area contributed by atoms with E-state index in [-0.39, 0.29) is 6.04 Å². The normalized spacial score (nSPS) is 12.9. The molecule has 0 spiro atoms. The molecule has 1 atom stereocenters. The van der Waals surface area contributed by atoms with Crippen molar-refractivity contribution in [1.29, 1.82) is 0 Å². The van der Waals surface area contributed by atoms with Crippen molar-refractivity contribution in [2.45, 2.75) is 39.8 Å². The second-order valence-corrected chi connectivity index (χ2v) is 7.64. The Balaban J connectivity index is 2.46. The van der Waals surface area contributed by atoms with Crippen molar-refractivity contribution in [3.8, 4) is 0 Å². The molecule has 20 heavy (non-hydrogen) atoms. The number of aryl methyl sites for hydroxylation is 2. The van der Waals surface area contributed by atoms with Crippen molar-refractivity contribution < 1.29 is 0 Å². The van der Waals surface area contributed by atoms with Crippen molar-refractivity contribution in [2.24, 2.45) is 0 Å². The van der Waals surface area contributed by atoms with E-state index in [1.165, 1.54) is 4.88 Å². The van der Waals surface area contributed by atoms with E-state index in [9.17, 15) is 0 Å². The van der Waals surface area contributed by atoms with Crippen molar-refractivity contribution in [3.05, 3.63) is 48.8 Å². The van der Waals surface area contributed by atoms with Gasteiger partial charge in [-0.25, -0.2) is 4.98 Å². The average molecular weight is 374 g/mol. The molecule has 0 bridgehead atoms. The van der Waals surface area contributed by atoms with Gasteiger partial charge in [-0.1, -0.05) is 33.6 Å². The van der Waals surface area contributed by atoms with Gasteiger partial charge in [0, 0.05) is 20.4 Å². The van der Waals surface area contributed by atoms with Crippen LogP contribution in [-0.2, 0) is 0 Å². The Morgan fingerprint density at radius 3 is 2.50 bits per heavy atom. The summed E-state index contributed by atoms with van der Waals surface area (Å²) in [5.74, 6) is 0. The van der Waals surface area contributed by atoms with Crippen molar-refractivity contribution >= 4 is 38.9 Å². The summed E-state index contributed by atoms with van der Waals surface area (Å²) in [7, 11) is 0. The highest BCUT2D eigenvalue weighted by atomic mass is 79.9. The van der Waals surface area contributed by atoms with Crippen LogP contribution >= 0.6 is 38.9 Å². The number of hydrogen-bond acceptors (Lipinski definition) is 3. The lowest BCUT2D eigenvalue weighted by atomic mass is 10.1. The third kappa shape index (κ3) is 3.61. The molecule has 1 aromatic heterocycles. The van der Waals surface area contributed by atoms with Crippen molar-refractivity contribution in [1.82, 2.24) is 10.3 Å². The molecular formula is C15H18BrClN2S. The Labute approximate surface area is 137 Å². The predicted molar refractivity (Wildman–Crippen MR) is 90.9 cm³/mol. The number of hydrogen-bond donors (Lipinski definition) is 1. The number of thiazole rings is 1. The third-order valence-electron chi connectivity index (χ3n) is 3.07. The van der Waals surface area contributed by atoms with E-state index < -0.39 is 0 Å². The van der Waals surface area contributed by atoms with Gasteiger partial charge in [-0.3, -0.25) is 0 Å². The van der Waals surface area contributed by atoms with E-state index in [1.807, 2.05) is 12.1 Å².